The molecule has 17 heavy (non-hydrogen) atoms. The summed E-state index contributed by atoms with van der Waals surface area (Å²) in [6.45, 7) is 0.383. The van der Waals surface area contributed by atoms with Crippen molar-refractivity contribution in [3.05, 3.63) is 28.7 Å². The van der Waals surface area contributed by atoms with Gasteiger partial charge in [0.05, 0.1) is 18.7 Å². The third-order valence-corrected chi connectivity index (χ3v) is 3.47. The second-order valence-corrected chi connectivity index (χ2v) is 4.73. The molecule has 90 valence electrons. The lowest BCUT2D eigenvalue weighted by atomic mass is 10.1. The summed E-state index contributed by atoms with van der Waals surface area (Å²) >= 11 is 3.40. The second-order valence-electron chi connectivity index (χ2n) is 3.88. The predicted molar refractivity (Wildman–Crippen MR) is 66.6 cm³/mol. The number of anilines is 1. The first-order valence-corrected chi connectivity index (χ1v) is 6.05. The molecule has 0 bridgehead atoms. The molecule has 1 aliphatic heterocycles. The maximum absolute atomic E-state index is 11.9. The van der Waals surface area contributed by atoms with E-state index in [4.69, 9.17) is 0 Å². The Balaban J connectivity index is 2.22. The summed E-state index contributed by atoms with van der Waals surface area (Å²) in [5.74, 6) is -0.736. The van der Waals surface area contributed by atoms with Gasteiger partial charge < -0.3 is 9.64 Å². The number of hydrogen-bond acceptors (Lipinski definition) is 3. The van der Waals surface area contributed by atoms with Crippen LogP contribution in [0.3, 0.4) is 0 Å². The number of methoxy groups -OCH3 is 1. The molecule has 0 unspecified atom stereocenters. The van der Waals surface area contributed by atoms with Gasteiger partial charge in [0, 0.05) is 17.4 Å². The summed E-state index contributed by atoms with van der Waals surface area (Å²) in [7, 11) is 1.34. The van der Waals surface area contributed by atoms with Crippen molar-refractivity contribution < 1.29 is 14.3 Å². The third-order valence-electron chi connectivity index (χ3n) is 2.80. The Morgan fingerprint density at radius 3 is 2.82 bits per heavy atom. The molecule has 1 amide bonds. The van der Waals surface area contributed by atoms with Crippen LogP contribution in [-0.2, 0) is 14.3 Å². The Hall–Kier alpha value is -1.36. The highest BCUT2D eigenvalue weighted by molar-refractivity contribution is 9.10. The van der Waals surface area contributed by atoms with Gasteiger partial charge in [0.25, 0.3) is 0 Å². The van der Waals surface area contributed by atoms with Crippen molar-refractivity contribution in [2.45, 2.75) is 6.42 Å². The molecule has 0 radical (unpaired) electrons. The van der Waals surface area contributed by atoms with Crippen LogP contribution >= 0.6 is 15.9 Å². The highest BCUT2D eigenvalue weighted by Crippen LogP contribution is 2.31. The third kappa shape index (κ3) is 2.34. The maximum Gasteiger partial charge on any atom is 0.311 e. The standard InChI is InChI=1S/C12H12BrNO3/c1-17-12(16)8-6-11(15)14(7-8)10-5-3-2-4-9(10)13/h2-5,8H,6-7H2,1H3/t8-/m1/s1. The molecule has 1 saturated heterocycles. The minimum absolute atomic E-state index is 0.0488. The summed E-state index contributed by atoms with van der Waals surface area (Å²) < 4.78 is 5.51. The van der Waals surface area contributed by atoms with Gasteiger partial charge in [-0.05, 0) is 28.1 Å². The Morgan fingerprint density at radius 1 is 1.47 bits per heavy atom. The molecule has 1 aromatic rings. The van der Waals surface area contributed by atoms with Crippen molar-refractivity contribution in [3.8, 4) is 0 Å². The Bertz CT molecular complexity index is 461. The Morgan fingerprint density at radius 2 is 2.18 bits per heavy atom. The summed E-state index contributed by atoms with van der Waals surface area (Å²) in [6.07, 6.45) is 0.216. The molecule has 0 N–H and O–H groups in total. The van der Waals surface area contributed by atoms with Crippen LogP contribution in [0.1, 0.15) is 6.42 Å². The summed E-state index contributed by atoms with van der Waals surface area (Å²) in [5, 5.41) is 0. The number of rotatable bonds is 2. The quantitative estimate of drug-likeness (QED) is 0.784. The highest BCUT2D eigenvalue weighted by atomic mass is 79.9. The molecule has 0 aliphatic carbocycles. The predicted octanol–water partition coefficient (Wildman–Crippen LogP) is 1.98. The number of carbonyl (C=O) groups is 2. The largest absolute Gasteiger partial charge is 0.469 e. The summed E-state index contributed by atoms with van der Waals surface area (Å²) in [5.41, 5.74) is 0.795. The molecule has 1 heterocycles. The van der Waals surface area contributed by atoms with Crippen molar-refractivity contribution in [1.82, 2.24) is 0 Å². The summed E-state index contributed by atoms with van der Waals surface area (Å²) in [6, 6.07) is 7.46. The minimum atomic E-state index is -0.361. The zero-order chi connectivity index (χ0) is 12.4. The molecule has 1 aromatic carbocycles. The highest BCUT2D eigenvalue weighted by Gasteiger charge is 2.36. The van der Waals surface area contributed by atoms with Crippen LogP contribution in [0, 0.1) is 5.92 Å². The van der Waals surface area contributed by atoms with E-state index < -0.39 is 0 Å². The van der Waals surface area contributed by atoms with Crippen LogP contribution in [-0.4, -0.2) is 25.5 Å². The number of para-hydroxylation sites is 1. The van der Waals surface area contributed by atoms with Gasteiger partial charge in [-0.3, -0.25) is 9.59 Å². The van der Waals surface area contributed by atoms with Gasteiger partial charge >= 0.3 is 5.97 Å². The van der Waals surface area contributed by atoms with Crippen molar-refractivity contribution in [2.24, 2.45) is 5.92 Å². The first-order chi connectivity index (χ1) is 8.13. The van der Waals surface area contributed by atoms with Crippen molar-refractivity contribution in [2.75, 3.05) is 18.6 Å². The van der Waals surface area contributed by atoms with E-state index in [2.05, 4.69) is 20.7 Å². The molecule has 0 saturated carbocycles. The number of esters is 1. The molecule has 4 nitrogen and oxygen atoms in total. The number of ether oxygens (including phenoxy) is 1. The SMILES string of the molecule is COC(=O)[C@@H]1CC(=O)N(c2ccccc2Br)C1. The molecule has 2 rings (SSSR count). The van der Waals surface area contributed by atoms with Gasteiger partial charge in [0.2, 0.25) is 5.91 Å². The van der Waals surface area contributed by atoms with E-state index in [1.165, 1.54) is 7.11 Å². The van der Waals surface area contributed by atoms with Crippen molar-refractivity contribution in [3.63, 3.8) is 0 Å². The first kappa shape index (κ1) is 12.1. The Kier molecular flexibility index (Phi) is 3.47. The molecule has 1 aliphatic rings. The molecule has 0 aromatic heterocycles. The van der Waals surface area contributed by atoms with E-state index in [-0.39, 0.29) is 24.2 Å². The van der Waals surface area contributed by atoms with Gasteiger partial charge in [-0.25, -0.2) is 0 Å². The van der Waals surface area contributed by atoms with E-state index in [1.807, 2.05) is 24.3 Å². The van der Waals surface area contributed by atoms with Crippen molar-refractivity contribution in [1.29, 1.82) is 0 Å². The van der Waals surface area contributed by atoms with E-state index in [1.54, 1.807) is 4.90 Å². The molecular weight excluding hydrogens is 286 g/mol. The molecular formula is C12H12BrNO3. The van der Waals surface area contributed by atoms with Gasteiger partial charge in [-0.2, -0.15) is 0 Å². The van der Waals surface area contributed by atoms with Crippen LogP contribution in [0.5, 0.6) is 0 Å². The van der Waals surface area contributed by atoms with Crippen LogP contribution in [0.4, 0.5) is 5.69 Å². The van der Waals surface area contributed by atoms with Crippen LogP contribution in [0.15, 0.2) is 28.7 Å². The smallest absolute Gasteiger partial charge is 0.311 e. The average molecular weight is 298 g/mol. The van der Waals surface area contributed by atoms with Gasteiger partial charge in [0.15, 0.2) is 0 Å². The minimum Gasteiger partial charge on any atom is -0.469 e. The van der Waals surface area contributed by atoms with E-state index in [0.29, 0.717) is 6.54 Å². The lowest BCUT2D eigenvalue weighted by Gasteiger charge is -2.17. The normalized spacial score (nSPS) is 19.5. The molecule has 0 spiro atoms. The number of hydrogen-bond donors (Lipinski definition) is 0. The van der Waals surface area contributed by atoms with Gasteiger partial charge in [0.1, 0.15) is 0 Å². The maximum atomic E-state index is 11.9. The number of halogens is 1. The van der Waals surface area contributed by atoms with Gasteiger partial charge in [-0.15, -0.1) is 0 Å². The number of amides is 1. The zero-order valence-electron chi connectivity index (χ0n) is 9.35. The topological polar surface area (TPSA) is 46.6 Å². The number of carbonyl (C=O) groups excluding carboxylic acids is 2. The second kappa shape index (κ2) is 4.87. The van der Waals surface area contributed by atoms with Crippen LogP contribution in [0.25, 0.3) is 0 Å². The fourth-order valence-electron chi connectivity index (χ4n) is 1.94. The van der Waals surface area contributed by atoms with Crippen molar-refractivity contribution >= 4 is 33.5 Å². The average Bonchev–Trinajstić information content (AvgIpc) is 2.71. The van der Waals surface area contributed by atoms with Gasteiger partial charge in [-0.1, -0.05) is 12.1 Å². The Labute approximate surface area is 108 Å². The van der Waals surface area contributed by atoms with Crippen LogP contribution in [0.2, 0.25) is 0 Å². The molecule has 1 fully saturated rings. The number of benzene rings is 1. The van der Waals surface area contributed by atoms with Crippen LogP contribution < -0.4 is 4.90 Å². The number of nitrogens with zero attached hydrogens (tertiary/aromatic N) is 1. The zero-order valence-corrected chi connectivity index (χ0v) is 10.9. The fourth-order valence-corrected chi connectivity index (χ4v) is 2.43. The van der Waals surface area contributed by atoms with E-state index in [0.717, 1.165) is 10.2 Å². The monoisotopic (exact) mass is 297 g/mol. The molecule has 1 atom stereocenters. The molecule has 5 heteroatoms. The first-order valence-electron chi connectivity index (χ1n) is 5.26. The van der Waals surface area contributed by atoms with E-state index >= 15 is 0 Å². The summed E-state index contributed by atoms with van der Waals surface area (Å²) in [4.78, 5) is 24.9. The lowest BCUT2D eigenvalue weighted by molar-refractivity contribution is -0.145. The van der Waals surface area contributed by atoms with E-state index in [9.17, 15) is 9.59 Å². The fraction of sp³-hybridized carbons (Fsp3) is 0.333. The lowest BCUT2D eigenvalue weighted by Crippen LogP contribution is -2.26.